The molecule has 2 amide bonds. The Morgan fingerprint density at radius 3 is 2.13 bits per heavy atom. The summed E-state index contributed by atoms with van der Waals surface area (Å²) in [6.07, 6.45) is -23.0. The minimum Gasteiger partial charge on any atom is -0.479 e. The Morgan fingerprint density at radius 2 is 1.51 bits per heavy atom. The molecule has 11 N–H and O–H groups in total. The van der Waals surface area contributed by atoms with Gasteiger partial charge in [0.1, 0.15) is 78.8 Å². The highest BCUT2D eigenvalue weighted by Crippen LogP contribution is 2.38. The number of aliphatic hydroxyl groups is 8. The van der Waals surface area contributed by atoms with Crippen molar-refractivity contribution in [1.29, 1.82) is 0 Å². The summed E-state index contributed by atoms with van der Waals surface area (Å²) in [5.41, 5.74) is 0.194. The standard InChI is InChI=1S/C43H63F2N5O19/c1-6-7-25(40(61)62)65-39-30(47-19(5)54)41(67-28(14-52)34(39)57)66-26-10-20(9-23(46-18(4)53)38(26)69-43-37(60)36(59)32(55)17(3)64-43)15-63-42-35(58)31(33(56)27(13-51)68-42)50-12-24(48-49-50)21-8-16(2)29(45)22(44)11-21/h8,11-12,17,20,23,25-28,30-39,41-43,51-52,55-60H,6-7,9-10,13-15H2,1-5H3,(H,46,53)(H,47,54)(H,61,62)/t17?,20?,23-,25+,26-,27-,28?,30?,31?,32-,33-,34+,35?,36+,37?,38?,39?,41-,42+,43+/m1/s1. The maximum atomic E-state index is 14.3. The van der Waals surface area contributed by atoms with Gasteiger partial charge in [0.15, 0.2) is 36.6 Å². The fraction of sp³-hybridized carbons (Fsp3) is 0.744. The van der Waals surface area contributed by atoms with Crippen molar-refractivity contribution in [2.24, 2.45) is 5.92 Å². The monoisotopic (exact) mass is 991 g/mol. The first kappa shape index (κ1) is 54.4. The maximum absolute atomic E-state index is 14.3. The number of nitrogens with zero attached hydrogens (tertiary/aromatic N) is 3. The fourth-order valence-electron chi connectivity index (χ4n) is 9.23. The normalized spacial score (nSPS) is 37.8. The molecule has 4 heterocycles. The molecule has 4 fully saturated rings. The number of halogens is 2. The van der Waals surface area contributed by atoms with Crippen LogP contribution in [-0.4, -0.2) is 209 Å². The van der Waals surface area contributed by atoms with Gasteiger partial charge in [0.05, 0.1) is 44.3 Å². The first-order valence-electron chi connectivity index (χ1n) is 22.7. The van der Waals surface area contributed by atoms with Gasteiger partial charge in [-0.1, -0.05) is 18.6 Å². The van der Waals surface area contributed by atoms with Crippen LogP contribution < -0.4 is 10.6 Å². The van der Waals surface area contributed by atoms with Crippen molar-refractivity contribution >= 4 is 17.8 Å². The second-order valence-corrected chi connectivity index (χ2v) is 18.0. The lowest BCUT2D eigenvalue weighted by atomic mass is 9.81. The third kappa shape index (κ3) is 12.4. The van der Waals surface area contributed by atoms with Gasteiger partial charge in [-0.2, -0.15) is 0 Å². The number of aliphatic hydroxyl groups excluding tert-OH is 8. The molecule has 1 aromatic carbocycles. The molecule has 1 saturated carbocycles. The second-order valence-electron chi connectivity index (χ2n) is 18.0. The molecule has 388 valence electrons. The first-order valence-corrected chi connectivity index (χ1v) is 22.7. The molecule has 0 radical (unpaired) electrons. The number of carboxylic acids is 1. The lowest BCUT2D eigenvalue weighted by Gasteiger charge is -2.49. The molecule has 1 aromatic heterocycles. The van der Waals surface area contributed by atoms with Crippen LogP contribution in [0, 0.1) is 24.5 Å². The summed E-state index contributed by atoms with van der Waals surface area (Å²) >= 11 is 0. The number of ether oxygens (including phenoxy) is 7. The van der Waals surface area contributed by atoms with E-state index in [1.807, 2.05) is 0 Å². The van der Waals surface area contributed by atoms with Crippen LogP contribution in [0.25, 0.3) is 11.3 Å². The van der Waals surface area contributed by atoms with Crippen molar-refractivity contribution in [1.82, 2.24) is 25.6 Å². The number of carboxylic acid groups (broad SMARTS) is 1. The van der Waals surface area contributed by atoms with Crippen LogP contribution in [0.15, 0.2) is 18.3 Å². The molecule has 0 spiro atoms. The molecule has 26 heteroatoms. The van der Waals surface area contributed by atoms with Gasteiger partial charge in [-0.3, -0.25) is 9.59 Å². The van der Waals surface area contributed by atoms with E-state index in [-0.39, 0.29) is 42.7 Å². The highest BCUT2D eigenvalue weighted by atomic mass is 19.2. The molecule has 24 nitrogen and oxygen atoms in total. The SMILES string of the molecule is CCC[C@H](OC1C(NC(C)=O)[C@H](O[C@@H]2CC(CO[C@H]3O[C@H](CO)[C@@H](O)C(n4cc(-c5cc(C)c(F)c(F)c5)nn4)C3O)C[C@@H](NC(C)=O)C2O[C@@H]2OC(C)[C@@H](O)[C@H](O)C2O)OC(CO)[C@@H]1O)C(=O)O. The van der Waals surface area contributed by atoms with Crippen LogP contribution in [0.5, 0.6) is 0 Å². The Kier molecular flexibility index (Phi) is 18.5. The van der Waals surface area contributed by atoms with E-state index in [9.17, 15) is 69.1 Å². The minimum absolute atomic E-state index is 0.00219. The van der Waals surface area contributed by atoms with Crippen LogP contribution >= 0.6 is 0 Å². The Balaban J connectivity index is 1.31. The minimum atomic E-state index is -1.83. The molecule has 9 unspecified atom stereocenters. The van der Waals surface area contributed by atoms with E-state index in [1.54, 1.807) is 6.92 Å². The van der Waals surface area contributed by atoms with Gasteiger partial charge >= 0.3 is 5.97 Å². The molecule has 2 aromatic rings. The number of amides is 2. The lowest BCUT2D eigenvalue weighted by Crippen LogP contribution is -2.68. The average molecular weight is 992 g/mol. The van der Waals surface area contributed by atoms with Crippen LogP contribution in [0.2, 0.25) is 0 Å². The number of aryl methyl sites for hydroxylation is 1. The third-order valence-electron chi connectivity index (χ3n) is 12.8. The Labute approximate surface area is 394 Å². The third-order valence-corrected chi connectivity index (χ3v) is 12.8. The van der Waals surface area contributed by atoms with Gasteiger partial charge in [0.2, 0.25) is 11.8 Å². The van der Waals surface area contributed by atoms with Crippen molar-refractivity contribution in [3.05, 3.63) is 35.5 Å². The second kappa shape index (κ2) is 23.5. The topological polar surface area (TPSA) is 353 Å². The summed E-state index contributed by atoms with van der Waals surface area (Å²) in [6.45, 7) is 4.93. The van der Waals surface area contributed by atoms with Gasteiger partial charge in [-0.05, 0) is 56.7 Å². The van der Waals surface area contributed by atoms with E-state index in [1.165, 1.54) is 33.0 Å². The van der Waals surface area contributed by atoms with Gasteiger partial charge in [0.25, 0.3) is 0 Å². The first-order chi connectivity index (χ1) is 32.7. The molecule has 3 aliphatic heterocycles. The van der Waals surface area contributed by atoms with Gasteiger partial charge in [0, 0.05) is 19.4 Å². The Bertz CT molecular complexity index is 2040. The van der Waals surface area contributed by atoms with E-state index >= 15 is 0 Å². The highest BCUT2D eigenvalue weighted by molar-refractivity contribution is 5.74. The van der Waals surface area contributed by atoms with Crippen molar-refractivity contribution in [2.75, 3.05) is 19.8 Å². The molecule has 3 saturated heterocycles. The average Bonchev–Trinajstić information content (AvgIpc) is 3.78. The molecular formula is C43H63F2N5O19. The van der Waals surface area contributed by atoms with Crippen LogP contribution in [-0.2, 0) is 47.5 Å². The molecule has 1 aliphatic carbocycles. The summed E-state index contributed by atoms with van der Waals surface area (Å²) < 4.78 is 72.0. The summed E-state index contributed by atoms with van der Waals surface area (Å²) in [5, 5.41) is 110. The predicted molar refractivity (Wildman–Crippen MR) is 226 cm³/mol. The number of carbonyl (C=O) groups is 3. The zero-order valence-corrected chi connectivity index (χ0v) is 38.4. The highest BCUT2D eigenvalue weighted by Gasteiger charge is 2.53. The number of hydrogen-bond donors (Lipinski definition) is 11. The van der Waals surface area contributed by atoms with Crippen molar-refractivity contribution < 1.29 is 102 Å². The smallest absolute Gasteiger partial charge is 0.332 e. The van der Waals surface area contributed by atoms with E-state index in [0.29, 0.717) is 6.42 Å². The van der Waals surface area contributed by atoms with E-state index in [2.05, 4.69) is 20.9 Å². The molecule has 6 rings (SSSR count). The Morgan fingerprint density at radius 1 is 0.841 bits per heavy atom. The van der Waals surface area contributed by atoms with E-state index in [4.69, 9.17) is 33.2 Å². The van der Waals surface area contributed by atoms with E-state index in [0.717, 1.165) is 17.7 Å². The number of nitrogens with one attached hydrogen (secondary N) is 2. The fourth-order valence-corrected chi connectivity index (χ4v) is 9.23. The quantitative estimate of drug-likeness (QED) is 0.0722. The summed E-state index contributed by atoms with van der Waals surface area (Å²) in [6, 6.07) is -1.67. The predicted octanol–water partition coefficient (Wildman–Crippen LogP) is -2.74. The van der Waals surface area contributed by atoms with Crippen molar-refractivity contribution in [3.8, 4) is 11.3 Å². The van der Waals surface area contributed by atoms with Crippen LogP contribution in [0.1, 0.15) is 65.0 Å². The van der Waals surface area contributed by atoms with Gasteiger partial charge in [-0.25, -0.2) is 18.3 Å². The van der Waals surface area contributed by atoms with Crippen LogP contribution in [0.3, 0.4) is 0 Å². The molecule has 4 aliphatic rings. The summed E-state index contributed by atoms with van der Waals surface area (Å²) in [7, 11) is 0. The van der Waals surface area contributed by atoms with E-state index < -0.39 is 165 Å². The number of hydrogen-bond acceptors (Lipinski definition) is 20. The number of benzene rings is 1. The maximum Gasteiger partial charge on any atom is 0.332 e. The van der Waals surface area contributed by atoms with Crippen LogP contribution in [0.4, 0.5) is 8.78 Å². The molecular weight excluding hydrogens is 928 g/mol. The molecule has 69 heavy (non-hydrogen) atoms. The number of rotatable bonds is 18. The van der Waals surface area contributed by atoms with Gasteiger partial charge < -0.3 is 89.8 Å². The summed E-state index contributed by atoms with van der Waals surface area (Å²) in [4.78, 5) is 37.8. The van der Waals surface area contributed by atoms with Gasteiger partial charge in [-0.15, -0.1) is 5.10 Å². The van der Waals surface area contributed by atoms with Crippen molar-refractivity contribution in [3.63, 3.8) is 0 Å². The molecule has 20 atom stereocenters. The zero-order valence-electron chi connectivity index (χ0n) is 38.4. The van der Waals surface area contributed by atoms with Crippen molar-refractivity contribution in [2.45, 2.75) is 177 Å². The number of aliphatic carboxylic acids is 1. The molecule has 0 bridgehead atoms. The summed E-state index contributed by atoms with van der Waals surface area (Å²) in [5.74, 6) is -5.51. The number of carbonyl (C=O) groups excluding carboxylic acids is 2. The lowest BCUT2D eigenvalue weighted by molar-refractivity contribution is -0.337. The Hall–Kier alpha value is -3.97. The zero-order chi connectivity index (χ0) is 50.6. The largest absolute Gasteiger partial charge is 0.479 e. The number of aromatic nitrogens is 3.